The van der Waals surface area contributed by atoms with E-state index in [0.29, 0.717) is 11.8 Å². The van der Waals surface area contributed by atoms with Crippen LogP contribution in [0.2, 0.25) is 0 Å². The van der Waals surface area contributed by atoms with Gasteiger partial charge in [0.05, 0.1) is 0 Å². The molecule has 0 aromatic carbocycles. The van der Waals surface area contributed by atoms with Gasteiger partial charge in [0.15, 0.2) is 0 Å². The van der Waals surface area contributed by atoms with E-state index in [1.807, 2.05) is 12.3 Å². The average Bonchev–Trinajstić information content (AvgIpc) is 2.03. The second-order valence-corrected chi connectivity index (χ2v) is 4.35. The van der Waals surface area contributed by atoms with E-state index in [1.54, 1.807) is 0 Å². The molecule has 2 heteroatoms. The van der Waals surface area contributed by atoms with Gasteiger partial charge < -0.3 is 0 Å². The third-order valence-corrected chi connectivity index (χ3v) is 2.70. The molecular formula is C10H14BrN. The highest BCUT2D eigenvalue weighted by molar-refractivity contribution is 9.10. The van der Waals surface area contributed by atoms with E-state index in [2.05, 4.69) is 47.8 Å². The van der Waals surface area contributed by atoms with Crippen molar-refractivity contribution < 1.29 is 0 Å². The van der Waals surface area contributed by atoms with Gasteiger partial charge in [0.1, 0.15) is 0 Å². The Morgan fingerprint density at radius 1 is 1.33 bits per heavy atom. The van der Waals surface area contributed by atoms with E-state index in [0.717, 1.165) is 4.47 Å². The Morgan fingerprint density at radius 2 is 2.00 bits per heavy atom. The second kappa shape index (κ2) is 4.04. The van der Waals surface area contributed by atoms with Crippen molar-refractivity contribution in [2.24, 2.45) is 5.92 Å². The Kier molecular flexibility index (Phi) is 3.27. The first-order valence-corrected chi connectivity index (χ1v) is 5.02. The minimum Gasteiger partial charge on any atom is -0.261 e. The molecular weight excluding hydrogens is 214 g/mol. The van der Waals surface area contributed by atoms with Crippen molar-refractivity contribution in [1.82, 2.24) is 4.98 Å². The van der Waals surface area contributed by atoms with E-state index < -0.39 is 0 Å². The fraction of sp³-hybridized carbons (Fsp3) is 0.500. The molecule has 0 aliphatic carbocycles. The molecule has 0 radical (unpaired) electrons. The van der Waals surface area contributed by atoms with Crippen LogP contribution < -0.4 is 0 Å². The number of halogens is 1. The van der Waals surface area contributed by atoms with E-state index in [-0.39, 0.29) is 0 Å². The van der Waals surface area contributed by atoms with E-state index in [4.69, 9.17) is 0 Å². The summed E-state index contributed by atoms with van der Waals surface area (Å²) in [5.74, 6) is 1.18. The molecule has 1 aromatic heterocycles. The first kappa shape index (κ1) is 9.72. The largest absolute Gasteiger partial charge is 0.261 e. The summed E-state index contributed by atoms with van der Waals surface area (Å²) in [6.45, 7) is 6.64. The summed E-state index contributed by atoms with van der Waals surface area (Å²) in [5.41, 5.74) is 1.17. The van der Waals surface area contributed by atoms with Crippen LogP contribution in [0, 0.1) is 5.92 Å². The van der Waals surface area contributed by atoms with Crippen molar-refractivity contribution in [2.75, 3.05) is 0 Å². The summed E-state index contributed by atoms with van der Waals surface area (Å²) < 4.78 is 1.11. The van der Waals surface area contributed by atoms with Gasteiger partial charge in [-0.05, 0) is 18.1 Å². The van der Waals surface area contributed by atoms with Crippen molar-refractivity contribution in [1.29, 1.82) is 0 Å². The van der Waals surface area contributed by atoms with Gasteiger partial charge >= 0.3 is 0 Å². The van der Waals surface area contributed by atoms with Crippen LogP contribution in [0.4, 0.5) is 0 Å². The molecule has 0 saturated heterocycles. The Labute approximate surface area is 82.3 Å². The third kappa shape index (κ3) is 2.31. The first-order chi connectivity index (χ1) is 5.61. The average molecular weight is 228 g/mol. The molecule has 1 unspecified atom stereocenters. The fourth-order valence-corrected chi connectivity index (χ4v) is 1.36. The molecule has 0 spiro atoms. The molecule has 0 bridgehead atoms. The summed E-state index contributed by atoms with van der Waals surface area (Å²) in [6.07, 6.45) is 1.85. The summed E-state index contributed by atoms with van der Waals surface area (Å²) in [5, 5.41) is 0. The zero-order valence-corrected chi connectivity index (χ0v) is 9.30. The van der Waals surface area contributed by atoms with Crippen LogP contribution in [-0.4, -0.2) is 4.98 Å². The molecule has 12 heavy (non-hydrogen) atoms. The standard InChI is InChI=1S/C10H14BrN/c1-7(2)8(3)10-6-9(11)4-5-12-10/h4-8H,1-3H3. The molecule has 1 atom stereocenters. The molecule has 1 heterocycles. The van der Waals surface area contributed by atoms with E-state index >= 15 is 0 Å². The summed E-state index contributed by atoms with van der Waals surface area (Å²) >= 11 is 3.44. The molecule has 0 aliphatic heterocycles. The smallest absolute Gasteiger partial charge is 0.0445 e. The van der Waals surface area contributed by atoms with Gasteiger partial charge in [-0.3, -0.25) is 4.98 Å². The lowest BCUT2D eigenvalue weighted by molar-refractivity contribution is 0.523. The van der Waals surface area contributed by atoms with Gasteiger partial charge in [-0.1, -0.05) is 36.7 Å². The lowest BCUT2D eigenvalue weighted by Crippen LogP contribution is -2.03. The second-order valence-electron chi connectivity index (χ2n) is 3.43. The van der Waals surface area contributed by atoms with Crippen molar-refractivity contribution in [3.8, 4) is 0 Å². The van der Waals surface area contributed by atoms with Crippen LogP contribution in [-0.2, 0) is 0 Å². The van der Waals surface area contributed by atoms with Gasteiger partial charge in [0.2, 0.25) is 0 Å². The predicted molar refractivity (Wildman–Crippen MR) is 55.2 cm³/mol. The topological polar surface area (TPSA) is 12.9 Å². The number of pyridine rings is 1. The molecule has 0 saturated carbocycles. The Morgan fingerprint density at radius 3 is 2.50 bits per heavy atom. The third-order valence-electron chi connectivity index (χ3n) is 2.21. The minimum absolute atomic E-state index is 0.530. The molecule has 0 fully saturated rings. The van der Waals surface area contributed by atoms with Crippen LogP contribution in [0.5, 0.6) is 0 Å². The van der Waals surface area contributed by atoms with Gasteiger partial charge in [-0.15, -0.1) is 0 Å². The number of hydrogen-bond donors (Lipinski definition) is 0. The Hall–Kier alpha value is -0.370. The van der Waals surface area contributed by atoms with Gasteiger partial charge in [0.25, 0.3) is 0 Å². The van der Waals surface area contributed by atoms with E-state index in [1.165, 1.54) is 5.69 Å². The van der Waals surface area contributed by atoms with Gasteiger partial charge in [-0.25, -0.2) is 0 Å². The summed E-state index contributed by atoms with van der Waals surface area (Å²) in [7, 11) is 0. The van der Waals surface area contributed by atoms with Crippen LogP contribution >= 0.6 is 15.9 Å². The highest BCUT2D eigenvalue weighted by Gasteiger charge is 2.10. The lowest BCUT2D eigenvalue weighted by atomic mass is 9.94. The number of rotatable bonds is 2. The molecule has 0 aliphatic rings. The van der Waals surface area contributed by atoms with Crippen LogP contribution in [0.15, 0.2) is 22.8 Å². The number of nitrogens with zero attached hydrogens (tertiary/aromatic N) is 1. The Balaban J connectivity index is 2.88. The van der Waals surface area contributed by atoms with Crippen molar-refractivity contribution >= 4 is 15.9 Å². The summed E-state index contributed by atoms with van der Waals surface area (Å²) in [4.78, 5) is 4.33. The number of aromatic nitrogens is 1. The highest BCUT2D eigenvalue weighted by atomic mass is 79.9. The van der Waals surface area contributed by atoms with Gasteiger partial charge in [0, 0.05) is 22.3 Å². The van der Waals surface area contributed by atoms with Crippen molar-refractivity contribution in [2.45, 2.75) is 26.7 Å². The number of hydrogen-bond acceptors (Lipinski definition) is 1. The zero-order chi connectivity index (χ0) is 9.14. The summed E-state index contributed by atoms with van der Waals surface area (Å²) in [6, 6.07) is 4.04. The maximum atomic E-state index is 4.33. The molecule has 1 nitrogen and oxygen atoms in total. The van der Waals surface area contributed by atoms with Crippen LogP contribution in [0.25, 0.3) is 0 Å². The first-order valence-electron chi connectivity index (χ1n) is 4.22. The molecule has 1 aromatic rings. The minimum atomic E-state index is 0.530. The van der Waals surface area contributed by atoms with Crippen molar-refractivity contribution in [3.05, 3.63) is 28.5 Å². The van der Waals surface area contributed by atoms with Crippen molar-refractivity contribution in [3.63, 3.8) is 0 Å². The monoisotopic (exact) mass is 227 g/mol. The van der Waals surface area contributed by atoms with E-state index in [9.17, 15) is 0 Å². The van der Waals surface area contributed by atoms with Gasteiger partial charge in [-0.2, -0.15) is 0 Å². The van der Waals surface area contributed by atoms with Crippen LogP contribution in [0.1, 0.15) is 32.4 Å². The fourth-order valence-electron chi connectivity index (χ4n) is 1.01. The molecule has 1 rings (SSSR count). The van der Waals surface area contributed by atoms with Crippen LogP contribution in [0.3, 0.4) is 0 Å². The molecule has 0 N–H and O–H groups in total. The lowest BCUT2D eigenvalue weighted by Gasteiger charge is -2.14. The Bertz CT molecular complexity index is 258. The maximum Gasteiger partial charge on any atom is 0.0445 e. The highest BCUT2D eigenvalue weighted by Crippen LogP contribution is 2.23. The predicted octanol–water partition coefficient (Wildman–Crippen LogP) is 3.60. The quantitative estimate of drug-likeness (QED) is 0.753. The normalized spacial score (nSPS) is 13.4. The SMILES string of the molecule is CC(C)C(C)c1cc(Br)ccn1. The molecule has 66 valence electrons. The molecule has 0 amide bonds. The maximum absolute atomic E-state index is 4.33. The zero-order valence-electron chi connectivity index (χ0n) is 7.71.